The first-order valence-electron chi connectivity index (χ1n) is 6.55. The average Bonchev–Trinajstić information content (AvgIpc) is 2.94. The highest BCUT2D eigenvalue weighted by Crippen LogP contribution is 2.25. The maximum atomic E-state index is 5.66. The van der Waals surface area contributed by atoms with E-state index in [4.69, 9.17) is 4.74 Å². The van der Waals surface area contributed by atoms with Crippen molar-refractivity contribution >= 4 is 0 Å². The minimum atomic E-state index is 0.359. The Balaban J connectivity index is 2.04. The molecule has 1 aliphatic rings. The van der Waals surface area contributed by atoms with Crippen LogP contribution < -0.4 is 5.32 Å². The second kappa shape index (κ2) is 5.65. The van der Waals surface area contributed by atoms with Gasteiger partial charge in [-0.2, -0.15) is 0 Å². The van der Waals surface area contributed by atoms with Crippen LogP contribution in [0, 0.1) is 5.92 Å². The lowest BCUT2D eigenvalue weighted by Crippen LogP contribution is -2.39. The molecule has 0 saturated carbocycles. The number of hydrogen-bond donors (Lipinski definition) is 1. The Morgan fingerprint density at radius 1 is 1.65 bits per heavy atom. The molecule has 0 amide bonds. The van der Waals surface area contributed by atoms with Crippen LogP contribution in [0.3, 0.4) is 0 Å². The SMILES string of the molecule is CCn1ccnc1CC(NC)C1CCOC1C. The lowest BCUT2D eigenvalue weighted by Gasteiger charge is -2.25. The van der Waals surface area contributed by atoms with Crippen LogP contribution in [0.5, 0.6) is 0 Å². The van der Waals surface area contributed by atoms with Crippen molar-refractivity contribution in [1.82, 2.24) is 14.9 Å². The summed E-state index contributed by atoms with van der Waals surface area (Å²) in [5, 5.41) is 3.43. The molecule has 4 nitrogen and oxygen atoms in total. The maximum absolute atomic E-state index is 5.66. The van der Waals surface area contributed by atoms with Crippen LogP contribution in [0.2, 0.25) is 0 Å². The number of aryl methyl sites for hydroxylation is 1. The van der Waals surface area contributed by atoms with Crippen LogP contribution in [0.25, 0.3) is 0 Å². The lowest BCUT2D eigenvalue weighted by molar-refractivity contribution is 0.0960. The quantitative estimate of drug-likeness (QED) is 0.842. The van der Waals surface area contributed by atoms with Crippen LogP contribution in [0.1, 0.15) is 26.1 Å². The number of likely N-dealkylation sites (N-methyl/N-ethyl adjacent to an activating group) is 1. The van der Waals surface area contributed by atoms with Crippen molar-refractivity contribution in [2.24, 2.45) is 5.92 Å². The Morgan fingerprint density at radius 2 is 2.47 bits per heavy atom. The smallest absolute Gasteiger partial charge is 0.110 e. The van der Waals surface area contributed by atoms with Gasteiger partial charge in [0.25, 0.3) is 0 Å². The molecule has 3 unspecified atom stereocenters. The van der Waals surface area contributed by atoms with Crippen molar-refractivity contribution in [3.05, 3.63) is 18.2 Å². The van der Waals surface area contributed by atoms with Gasteiger partial charge >= 0.3 is 0 Å². The van der Waals surface area contributed by atoms with E-state index in [1.807, 2.05) is 13.2 Å². The molecule has 1 aromatic heterocycles. The summed E-state index contributed by atoms with van der Waals surface area (Å²) in [5.74, 6) is 1.77. The second-order valence-corrected chi connectivity index (χ2v) is 4.76. The number of imidazole rings is 1. The number of nitrogens with one attached hydrogen (secondary N) is 1. The van der Waals surface area contributed by atoms with E-state index in [0.29, 0.717) is 18.1 Å². The van der Waals surface area contributed by atoms with E-state index >= 15 is 0 Å². The molecule has 1 saturated heterocycles. The van der Waals surface area contributed by atoms with Gasteiger partial charge < -0.3 is 14.6 Å². The number of hydrogen-bond acceptors (Lipinski definition) is 3. The molecule has 1 aromatic rings. The number of nitrogens with zero attached hydrogens (tertiary/aromatic N) is 2. The van der Waals surface area contributed by atoms with Crippen molar-refractivity contribution in [2.75, 3.05) is 13.7 Å². The van der Waals surface area contributed by atoms with Gasteiger partial charge in [-0.05, 0) is 27.3 Å². The monoisotopic (exact) mass is 237 g/mol. The van der Waals surface area contributed by atoms with Gasteiger partial charge in [0, 0.05) is 43.9 Å². The van der Waals surface area contributed by atoms with Gasteiger partial charge in [-0.25, -0.2) is 4.98 Å². The summed E-state index contributed by atoms with van der Waals surface area (Å²) in [4.78, 5) is 4.45. The normalized spacial score (nSPS) is 26.3. The van der Waals surface area contributed by atoms with Crippen molar-refractivity contribution in [3.8, 4) is 0 Å². The standard InChI is InChI=1S/C13H23N3O/c1-4-16-7-6-15-13(16)9-12(14-3)11-5-8-17-10(11)2/h6-7,10-12,14H,4-5,8-9H2,1-3H3. The summed E-state index contributed by atoms with van der Waals surface area (Å²) in [5.41, 5.74) is 0. The fraction of sp³-hybridized carbons (Fsp3) is 0.769. The molecule has 0 spiro atoms. The van der Waals surface area contributed by atoms with Gasteiger partial charge in [0.2, 0.25) is 0 Å². The molecule has 96 valence electrons. The lowest BCUT2D eigenvalue weighted by atomic mass is 9.91. The first kappa shape index (κ1) is 12.6. The molecule has 0 bridgehead atoms. The fourth-order valence-electron chi connectivity index (χ4n) is 2.76. The Bertz CT molecular complexity index is 350. The van der Waals surface area contributed by atoms with E-state index in [2.05, 4.69) is 34.9 Å². The van der Waals surface area contributed by atoms with Crippen molar-refractivity contribution in [3.63, 3.8) is 0 Å². The van der Waals surface area contributed by atoms with Gasteiger partial charge in [0.15, 0.2) is 0 Å². The van der Waals surface area contributed by atoms with Gasteiger partial charge in [-0.15, -0.1) is 0 Å². The number of aromatic nitrogens is 2. The van der Waals surface area contributed by atoms with E-state index < -0.39 is 0 Å². The Labute approximate surface area is 103 Å². The third kappa shape index (κ3) is 2.69. The van der Waals surface area contributed by atoms with E-state index in [-0.39, 0.29) is 0 Å². The third-order valence-corrected chi connectivity index (χ3v) is 3.87. The van der Waals surface area contributed by atoms with E-state index in [1.165, 1.54) is 5.82 Å². The molecular formula is C13H23N3O. The molecule has 1 fully saturated rings. The predicted octanol–water partition coefficient (Wildman–Crippen LogP) is 1.46. The molecule has 0 aromatic carbocycles. The first-order chi connectivity index (χ1) is 8.26. The van der Waals surface area contributed by atoms with Crippen molar-refractivity contribution < 1.29 is 4.74 Å². The maximum Gasteiger partial charge on any atom is 0.110 e. The predicted molar refractivity (Wildman–Crippen MR) is 68.0 cm³/mol. The molecular weight excluding hydrogens is 214 g/mol. The highest BCUT2D eigenvalue weighted by Gasteiger charge is 2.31. The second-order valence-electron chi connectivity index (χ2n) is 4.76. The summed E-state index contributed by atoms with van der Waals surface area (Å²) in [6.07, 6.45) is 6.43. The van der Waals surface area contributed by atoms with Gasteiger partial charge in [0.05, 0.1) is 6.10 Å². The molecule has 4 heteroatoms. The Hall–Kier alpha value is -0.870. The highest BCUT2D eigenvalue weighted by molar-refractivity contribution is 4.98. The van der Waals surface area contributed by atoms with Gasteiger partial charge in [0.1, 0.15) is 5.82 Å². The number of rotatable bonds is 5. The summed E-state index contributed by atoms with van der Waals surface area (Å²) in [7, 11) is 2.04. The van der Waals surface area contributed by atoms with Crippen molar-refractivity contribution in [1.29, 1.82) is 0 Å². The zero-order valence-corrected chi connectivity index (χ0v) is 11.0. The molecule has 2 rings (SSSR count). The average molecular weight is 237 g/mol. The van der Waals surface area contributed by atoms with Gasteiger partial charge in [-0.3, -0.25) is 0 Å². The highest BCUT2D eigenvalue weighted by atomic mass is 16.5. The third-order valence-electron chi connectivity index (χ3n) is 3.87. The van der Waals surface area contributed by atoms with Crippen LogP contribution >= 0.6 is 0 Å². The molecule has 0 aliphatic carbocycles. The molecule has 2 heterocycles. The van der Waals surface area contributed by atoms with E-state index in [9.17, 15) is 0 Å². The zero-order chi connectivity index (χ0) is 12.3. The molecule has 17 heavy (non-hydrogen) atoms. The Kier molecular flexibility index (Phi) is 4.18. The van der Waals surface area contributed by atoms with Crippen LogP contribution in [0.15, 0.2) is 12.4 Å². The summed E-state index contributed by atoms with van der Waals surface area (Å²) in [6, 6.07) is 0.459. The van der Waals surface area contributed by atoms with E-state index in [0.717, 1.165) is 26.0 Å². The molecule has 0 radical (unpaired) electrons. The van der Waals surface area contributed by atoms with Crippen LogP contribution in [0.4, 0.5) is 0 Å². The minimum Gasteiger partial charge on any atom is -0.378 e. The zero-order valence-electron chi connectivity index (χ0n) is 11.0. The largest absolute Gasteiger partial charge is 0.378 e. The molecule has 1 N–H and O–H groups in total. The number of ether oxygens (including phenoxy) is 1. The summed E-state index contributed by atoms with van der Waals surface area (Å²) < 4.78 is 7.87. The first-order valence-corrected chi connectivity index (χ1v) is 6.55. The van der Waals surface area contributed by atoms with Gasteiger partial charge in [-0.1, -0.05) is 0 Å². The minimum absolute atomic E-state index is 0.359. The summed E-state index contributed by atoms with van der Waals surface area (Å²) >= 11 is 0. The molecule has 3 atom stereocenters. The van der Waals surface area contributed by atoms with Crippen LogP contribution in [-0.4, -0.2) is 35.4 Å². The van der Waals surface area contributed by atoms with Crippen LogP contribution in [-0.2, 0) is 17.7 Å². The molecule has 1 aliphatic heterocycles. The van der Waals surface area contributed by atoms with Crippen molar-refractivity contribution in [2.45, 2.75) is 45.4 Å². The summed E-state index contributed by atoms with van der Waals surface area (Å²) in [6.45, 7) is 6.21. The van der Waals surface area contributed by atoms with E-state index in [1.54, 1.807) is 0 Å². The fourth-order valence-corrected chi connectivity index (χ4v) is 2.76. The topological polar surface area (TPSA) is 39.1 Å². The Morgan fingerprint density at radius 3 is 3.06 bits per heavy atom.